The van der Waals surface area contributed by atoms with Gasteiger partial charge in [0, 0.05) is 32.7 Å². The smallest absolute Gasteiger partial charge is 0.257 e. The number of aliphatic hydroxyl groups is 1. The number of amides is 1. The van der Waals surface area contributed by atoms with Gasteiger partial charge in [0.05, 0.1) is 11.7 Å². The standard InChI is InChI=1S/C16H22N2O4/c1-2-12(19)10-17-6-8-18(9-7-17)16(20)13-4-3-5-14-15(13)22-11-21-14/h3-5,12,19H,2,6-11H2,1H3/t12-/m0/s1. The van der Waals surface area contributed by atoms with E-state index in [1.54, 1.807) is 6.07 Å². The lowest BCUT2D eigenvalue weighted by atomic mass is 10.1. The zero-order valence-electron chi connectivity index (χ0n) is 12.8. The van der Waals surface area contributed by atoms with E-state index in [0.29, 0.717) is 36.7 Å². The molecule has 6 nitrogen and oxygen atoms in total. The molecule has 2 heterocycles. The Bertz CT molecular complexity index is 541. The summed E-state index contributed by atoms with van der Waals surface area (Å²) in [5.41, 5.74) is 0.567. The number of aliphatic hydroxyl groups excluding tert-OH is 1. The van der Waals surface area contributed by atoms with Crippen molar-refractivity contribution < 1.29 is 19.4 Å². The number of carbonyl (C=O) groups excluding carboxylic acids is 1. The summed E-state index contributed by atoms with van der Waals surface area (Å²) in [6, 6.07) is 5.40. The van der Waals surface area contributed by atoms with Gasteiger partial charge >= 0.3 is 0 Å². The fourth-order valence-corrected chi connectivity index (χ4v) is 2.83. The van der Waals surface area contributed by atoms with Crippen LogP contribution in [0.3, 0.4) is 0 Å². The molecule has 1 aromatic rings. The van der Waals surface area contributed by atoms with Crippen LogP contribution in [0, 0.1) is 0 Å². The monoisotopic (exact) mass is 306 g/mol. The first-order valence-corrected chi connectivity index (χ1v) is 7.77. The first-order chi connectivity index (χ1) is 10.7. The molecule has 0 bridgehead atoms. The maximum atomic E-state index is 12.7. The van der Waals surface area contributed by atoms with Gasteiger partial charge in [-0.2, -0.15) is 0 Å². The average molecular weight is 306 g/mol. The molecule has 0 aliphatic carbocycles. The lowest BCUT2D eigenvalue weighted by Crippen LogP contribution is -2.50. The summed E-state index contributed by atoms with van der Waals surface area (Å²) in [4.78, 5) is 16.7. The number of rotatable bonds is 4. The van der Waals surface area contributed by atoms with Crippen molar-refractivity contribution in [3.63, 3.8) is 0 Å². The van der Waals surface area contributed by atoms with Crippen molar-refractivity contribution in [2.24, 2.45) is 0 Å². The number of nitrogens with zero attached hydrogens (tertiary/aromatic N) is 2. The summed E-state index contributed by atoms with van der Waals surface area (Å²) >= 11 is 0. The number of para-hydroxylation sites is 1. The third-order valence-corrected chi connectivity index (χ3v) is 4.23. The lowest BCUT2D eigenvalue weighted by molar-refractivity contribution is 0.0521. The highest BCUT2D eigenvalue weighted by Gasteiger charge is 2.28. The molecular formula is C16H22N2O4. The number of β-amino-alcohol motifs (C(OH)–C–C–N with tert-alkyl or cyclic N) is 1. The fourth-order valence-electron chi connectivity index (χ4n) is 2.83. The van der Waals surface area contributed by atoms with Crippen LogP contribution in [0.5, 0.6) is 11.5 Å². The van der Waals surface area contributed by atoms with Gasteiger partial charge in [-0.1, -0.05) is 13.0 Å². The van der Waals surface area contributed by atoms with Crippen molar-refractivity contribution in [3.8, 4) is 11.5 Å². The van der Waals surface area contributed by atoms with Crippen LogP contribution >= 0.6 is 0 Å². The number of piperazine rings is 1. The molecule has 1 N–H and O–H groups in total. The third kappa shape index (κ3) is 3.03. The van der Waals surface area contributed by atoms with Crippen LogP contribution in [-0.2, 0) is 0 Å². The number of carbonyl (C=O) groups is 1. The predicted octanol–water partition coefficient (Wildman–Crippen LogP) is 0.944. The Hall–Kier alpha value is -1.79. The van der Waals surface area contributed by atoms with Crippen molar-refractivity contribution >= 4 is 5.91 Å². The number of fused-ring (bicyclic) bond motifs is 1. The van der Waals surface area contributed by atoms with Crippen LogP contribution in [0.4, 0.5) is 0 Å². The average Bonchev–Trinajstić information content (AvgIpc) is 3.03. The van der Waals surface area contributed by atoms with Crippen LogP contribution in [0.1, 0.15) is 23.7 Å². The molecule has 22 heavy (non-hydrogen) atoms. The third-order valence-electron chi connectivity index (χ3n) is 4.23. The first kappa shape index (κ1) is 15.1. The van der Waals surface area contributed by atoms with Crippen molar-refractivity contribution in [2.45, 2.75) is 19.4 Å². The van der Waals surface area contributed by atoms with E-state index in [1.807, 2.05) is 24.0 Å². The maximum absolute atomic E-state index is 12.7. The van der Waals surface area contributed by atoms with E-state index in [-0.39, 0.29) is 18.8 Å². The van der Waals surface area contributed by atoms with Gasteiger partial charge in [-0.15, -0.1) is 0 Å². The minimum absolute atomic E-state index is 0.0157. The minimum atomic E-state index is -0.287. The molecule has 2 aliphatic rings. The van der Waals surface area contributed by atoms with Crippen molar-refractivity contribution in [1.29, 1.82) is 0 Å². The van der Waals surface area contributed by atoms with Gasteiger partial charge < -0.3 is 19.5 Å². The number of hydrogen-bond acceptors (Lipinski definition) is 5. The highest BCUT2D eigenvalue weighted by atomic mass is 16.7. The Balaban J connectivity index is 1.62. The zero-order chi connectivity index (χ0) is 15.5. The molecule has 0 spiro atoms. The Morgan fingerprint density at radius 3 is 2.77 bits per heavy atom. The normalized spacial score (nSPS) is 19.3. The topological polar surface area (TPSA) is 62.2 Å². The van der Waals surface area contributed by atoms with Gasteiger partial charge in [-0.25, -0.2) is 0 Å². The number of hydrogen-bond donors (Lipinski definition) is 1. The van der Waals surface area contributed by atoms with Gasteiger partial charge in [0.25, 0.3) is 5.91 Å². The summed E-state index contributed by atoms with van der Waals surface area (Å²) in [5, 5.41) is 9.72. The van der Waals surface area contributed by atoms with E-state index >= 15 is 0 Å². The van der Waals surface area contributed by atoms with Gasteiger partial charge in [-0.3, -0.25) is 9.69 Å². The molecule has 0 radical (unpaired) electrons. The van der Waals surface area contributed by atoms with E-state index in [0.717, 1.165) is 19.5 Å². The van der Waals surface area contributed by atoms with Crippen molar-refractivity contribution in [3.05, 3.63) is 23.8 Å². The second-order valence-corrected chi connectivity index (χ2v) is 5.69. The maximum Gasteiger partial charge on any atom is 0.257 e. The van der Waals surface area contributed by atoms with E-state index < -0.39 is 0 Å². The van der Waals surface area contributed by atoms with Crippen LogP contribution in [0.15, 0.2) is 18.2 Å². The van der Waals surface area contributed by atoms with E-state index in [2.05, 4.69) is 4.90 Å². The number of benzene rings is 1. The van der Waals surface area contributed by atoms with E-state index in [1.165, 1.54) is 0 Å². The summed E-state index contributed by atoms with van der Waals surface area (Å²) in [6.45, 7) is 5.73. The molecule has 1 atom stereocenters. The Kier molecular flexibility index (Phi) is 4.49. The van der Waals surface area contributed by atoms with Gasteiger partial charge in [0.1, 0.15) is 0 Å². The molecule has 6 heteroatoms. The second kappa shape index (κ2) is 6.54. The largest absolute Gasteiger partial charge is 0.454 e. The Morgan fingerprint density at radius 2 is 2.05 bits per heavy atom. The van der Waals surface area contributed by atoms with E-state index in [9.17, 15) is 9.90 Å². The molecular weight excluding hydrogens is 284 g/mol. The summed E-state index contributed by atoms with van der Waals surface area (Å²) in [6.07, 6.45) is 0.470. The van der Waals surface area contributed by atoms with E-state index in [4.69, 9.17) is 9.47 Å². The fraction of sp³-hybridized carbons (Fsp3) is 0.562. The predicted molar refractivity (Wildman–Crippen MR) is 81.2 cm³/mol. The molecule has 1 aromatic carbocycles. The summed E-state index contributed by atoms with van der Waals surface area (Å²) in [5.74, 6) is 1.17. The highest BCUT2D eigenvalue weighted by Crippen LogP contribution is 2.35. The Morgan fingerprint density at radius 1 is 1.27 bits per heavy atom. The van der Waals surface area contributed by atoms with Crippen LogP contribution in [-0.4, -0.2) is 66.4 Å². The van der Waals surface area contributed by atoms with Crippen LogP contribution in [0.2, 0.25) is 0 Å². The molecule has 0 saturated carbocycles. The van der Waals surface area contributed by atoms with Crippen molar-refractivity contribution in [2.75, 3.05) is 39.5 Å². The van der Waals surface area contributed by atoms with Gasteiger partial charge in [-0.05, 0) is 18.6 Å². The molecule has 120 valence electrons. The molecule has 2 aliphatic heterocycles. The SMILES string of the molecule is CC[C@H](O)CN1CCN(C(=O)c2cccc3c2OCO3)CC1. The molecule has 3 rings (SSSR count). The lowest BCUT2D eigenvalue weighted by Gasteiger charge is -2.35. The molecule has 1 fully saturated rings. The zero-order valence-corrected chi connectivity index (χ0v) is 12.8. The quantitative estimate of drug-likeness (QED) is 0.897. The first-order valence-electron chi connectivity index (χ1n) is 7.77. The minimum Gasteiger partial charge on any atom is -0.454 e. The van der Waals surface area contributed by atoms with Crippen LogP contribution in [0.25, 0.3) is 0 Å². The Labute approximate surface area is 130 Å². The molecule has 1 amide bonds. The molecule has 1 saturated heterocycles. The van der Waals surface area contributed by atoms with Crippen LogP contribution < -0.4 is 9.47 Å². The second-order valence-electron chi connectivity index (χ2n) is 5.69. The summed E-state index contributed by atoms with van der Waals surface area (Å²) in [7, 11) is 0. The highest BCUT2D eigenvalue weighted by molar-refractivity contribution is 5.98. The number of ether oxygens (including phenoxy) is 2. The van der Waals surface area contributed by atoms with Gasteiger partial charge in [0.15, 0.2) is 11.5 Å². The summed E-state index contributed by atoms with van der Waals surface area (Å²) < 4.78 is 10.7. The van der Waals surface area contributed by atoms with Crippen molar-refractivity contribution in [1.82, 2.24) is 9.80 Å². The molecule has 0 aromatic heterocycles. The molecule has 0 unspecified atom stereocenters. The van der Waals surface area contributed by atoms with Gasteiger partial charge in [0.2, 0.25) is 6.79 Å².